The summed E-state index contributed by atoms with van der Waals surface area (Å²) in [5.41, 5.74) is 0.836. The first-order chi connectivity index (χ1) is 8.15. The van der Waals surface area contributed by atoms with Crippen LogP contribution in [0.15, 0.2) is 30.3 Å². The van der Waals surface area contributed by atoms with E-state index in [1.807, 2.05) is 18.2 Å². The van der Waals surface area contributed by atoms with Crippen molar-refractivity contribution in [1.82, 2.24) is 0 Å². The lowest BCUT2D eigenvalue weighted by molar-refractivity contribution is -0.142. The minimum absolute atomic E-state index is 0.239. The first-order valence-corrected chi connectivity index (χ1v) is 5.07. The van der Waals surface area contributed by atoms with E-state index in [0.29, 0.717) is 5.75 Å². The summed E-state index contributed by atoms with van der Waals surface area (Å²) in [6, 6.07) is 7.27. The minimum atomic E-state index is -0.537. The Morgan fingerprint density at radius 1 is 1.29 bits per heavy atom. The van der Waals surface area contributed by atoms with E-state index in [1.165, 1.54) is 13.2 Å². The van der Waals surface area contributed by atoms with Crippen LogP contribution in [-0.2, 0) is 14.3 Å². The molecule has 0 unspecified atom stereocenters. The van der Waals surface area contributed by atoms with Crippen molar-refractivity contribution >= 4 is 17.8 Å². The topological polar surface area (TPSA) is 52.6 Å². The molecule has 0 spiro atoms. The van der Waals surface area contributed by atoms with Crippen molar-refractivity contribution in [3.8, 4) is 5.75 Å². The summed E-state index contributed by atoms with van der Waals surface area (Å²) >= 11 is 0. The third-order valence-electron chi connectivity index (χ3n) is 2.10. The van der Waals surface area contributed by atoms with Crippen LogP contribution in [0.25, 0.3) is 6.08 Å². The molecule has 4 heteroatoms. The van der Waals surface area contributed by atoms with Crippen LogP contribution in [0.5, 0.6) is 5.75 Å². The van der Waals surface area contributed by atoms with Crippen LogP contribution in [0.1, 0.15) is 12.0 Å². The van der Waals surface area contributed by atoms with Crippen molar-refractivity contribution in [2.75, 3.05) is 14.2 Å². The predicted molar refractivity (Wildman–Crippen MR) is 63.7 cm³/mol. The molecule has 0 fully saturated rings. The summed E-state index contributed by atoms with van der Waals surface area (Å²) < 4.78 is 9.45. The predicted octanol–water partition coefficient (Wildman–Crippen LogP) is 1.84. The molecule has 90 valence electrons. The van der Waals surface area contributed by atoms with Crippen LogP contribution in [0.3, 0.4) is 0 Å². The molecule has 1 aromatic rings. The van der Waals surface area contributed by atoms with E-state index in [1.54, 1.807) is 19.3 Å². The van der Waals surface area contributed by atoms with Gasteiger partial charge in [-0.25, -0.2) is 0 Å². The third kappa shape index (κ3) is 4.51. The zero-order valence-corrected chi connectivity index (χ0v) is 9.80. The Kier molecular flexibility index (Phi) is 4.94. The van der Waals surface area contributed by atoms with E-state index < -0.39 is 5.97 Å². The molecule has 0 aromatic heterocycles. The van der Waals surface area contributed by atoms with Gasteiger partial charge in [0.05, 0.1) is 14.2 Å². The van der Waals surface area contributed by atoms with Crippen LogP contribution in [0, 0.1) is 0 Å². The maximum Gasteiger partial charge on any atom is 0.313 e. The Labute approximate surface area is 99.8 Å². The van der Waals surface area contributed by atoms with Crippen LogP contribution < -0.4 is 4.74 Å². The van der Waals surface area contributed by atoms with Gasteiger partial charge in [0.1, 0.15) is 12.2 Å². The standard InChI is InChI=1S/C13H14O4/c1-16-12-5-3-4-10(8-12)6-7-11(14)9-13(15)17-2/h3-8H,9H2,1-2H3. The van der Waals surface area contributed by atoms with Gasteiger partial charge >= 0.3 is 5.97 Å². The van der Waals surface area contributed by atoms with Crippen molar-refractivity contribution in [3.63, 3.8) is 0 Å². The van der Waals surface area contributed by atoms with Gasteiger partial charge in [-0.2, -0.15) is 0 Å². The number of hydrogen-bond acceptors (Lipinski definition) is 4. The molecule has 0 aliphatic heterocycles. The van der Waals surface area contributed by atoms with Crippen molar-refractivity contribution < 1.29 is 19.1 Å². The fraction of sp³-hybridized carbons (Fsp3) is 0.231. The average molecular weight is 234 g/mol. The minimum Gasteiger partial charge on any atom is -0.497 e. The third-order valence-corrected chi connectivity index (χ3v) is 2.10. The largest absolute Gasteiger partial charge is 0.497 e. The maximum atomic E-state index is 11.3. The highest BCUT2D eigenvalue weighted by molar-refractivity contribution is 6.03. The Balaban J connectivity index is 2.63. The van der Waals surface area contributed by atoms with Crippen LogP contribution in [-0.4, -0.2) is 26.0 Å². The molecular formula is C13H14O4. The molecular weight excluding hydrogens is 220 g/mol. The van der Waals surface area contributed by atoms with Gasteiger partial charge in [0.15, 0.2) is 5.78 Å². The molecule has 0 heterocycles. The number of hydrogen-bond donors (Lipinski definition) is 0. The van der Waals surface area contributed by atoms with Crippen molar-refractivity contribution in [2.45, 2.75) is 6.42 Å². The van der Waals surface area contributed by atoms with Gasteiger partial charge in [0.25, 0.3) is 0 Å². The number of carbonyl (C=O) groups is 2. The molecule has 0 aliphatic rings. The maximum absolute atomic E-state index is 11.3. The van der Waals surface area contributed by atoms with E-state index in [2.05, 4.69) is 4.74 Å². The smallest absolute Gasteiger partial charge is 0.313 e. The highest BCUT2D eigenvalue weighted by Crippen LogP contribution is 2.13. The number of allylic oxidation sites excluding steroid dienone is 1. The van der Waals surface area contributed by atoms with Gasteiger partial charge in [0, 0.05) is 0 Å². The lowest BCUT2D eigenvalue weighted by atomic mass is 10.1. The first kappa shape index (κ1) is 13.0. The highest BCUT2D eigenvalue weighted by atomic mass is 16.5. The number of benzene rings is 1. The second kappa shape index (κ2) is 6.48. The van der Waals surface area contributed by atoms with Crippen molar-refractivity contribution in [2.24, 2.45) is 0 Å². The molecule has 1 aromatic carbocycles. The van der Waals surface area contributed by atoms with Gasteiger partial charge in [-0.1, -0.05) is 18.2 Å². The van der Waals surface area contributed by atoms with Gasteiger partial charge < -0.3 is 9.47 Å². The fourth-order valence-corrected chi connectivity index (χ4v) is 1.21. The van der Waals surface area contributed by atoms with E-state index in [9.17, 15) is 9.59 Å². The van der Waals surface area contributed by atoms with E-state index >= 15 is 0 Å². The molecule has 0 aliphatic carbocycles. The van der Waals surface area contributed by atoms with E-state index in [0.717, 1.165) is 5.56 Å². The van der Waals surface area contributed by atoms with Gasteiger partial charge in [-0.3, -0.25) is 9.59 Å². The zero-order valence-electron chi connectivity index (χ0n) is 9.80. The number of ether oxygens (including phenoxy) is 2. The lowest BCUT2D eigenvalue weighted by Crippen LogP contribution is -2.06. The molecule has 0 amide bonds. The Morgan fingerprint density at radius 2 is 2.06 bits per heavy atom. The molecule has 0 bridgehead atoms. The first-order valence-electron chi connectivity index (χ1n) is 5.07. The Bertz CT molecular complexity index is 435. The van der Waals surface area contributed by atoms with E-state index in [-0.39, 0.29) is 12.2 Å². The molecule has 17 heavy (non-hydrogen) atoms. The van der Waals surface area contributed by atoms with Crippen LogP contribution >= 0.6 is 0 Å². The zero-order chi connectivity index (χ0) is 12.7. The quantitative estimate of drug-likeness (QED) is 0.443. The normalized spacial score (nSPS) is 10.2. The number of carbonyl (C=O) groups excluding carboxylic acids is 2. The average Bonchev–Trinajstić information content (AvgIpc) is 2.36. The van der Waals surface area contributed by atoms with Crippen LogP contribution in [0.4, 0.5) is 0 Å². The SMILES string of the molecule is COC(=O)CC(=O)C=Cc1cccc(OC)c1. The molecule has 0 saturated carbocycles. The molecule has 0 radical (unpaired) electrons. The van der Waals surface area contributed by atoms with E-state index in [4.69, 9.17) is 4.74 Å². The molecule has 0 atom stereocenters. The van der Waals surface area contributed by atoms with Crippen molar-refractivity contribution in [3.05, 3.63) is 35.9 Å². The molecule has 1 rings (SSSR count). The monoisotopic (exact) mass is 234 g/mol. The molecule has 0 N–H and O–H groups in total. The van der Waals surface area contributed by atoms with Gasteiger partial charge in [-0.15, -0.1) is 0 Å². The Morgan fingerprint density at radius 3 is 2.71 bits per heavy atom. The number of methoxy groups -OCH3 is 2. The lowest BCUT2D eigenvalue weighted by Gasteiger charge is -1.99. The second-order valence-corrected chi connectivity index (χ2v) is 3.33. The second-order valence-electron chi connectivity index (χ2n) is 3.33. The number of ketones is 1. The molecule has 4 nitrogen and oxygen atoms in total. The fourth-order valence-electron chi connectivity index (χ4n) is 1.21. The number of esters is 1. The summed E-state index contributed by atoms with van der Waals surface area (Å²) in [5, 5.41) is 0. The summed E-state index contributed by atoms with van der Waals surface area (Å²) in [5.74, 6) is -0.113. The van der Waals surface area contributed by atoms with Crippen molar-refractivity contribution in [1.29, 1.82) is 0 Å². The summed E-state index contributed by atoms with van der Waals surface area (Å²) in [4.78, 5) is 22.2. The molecule has 0 saturated heterocycles. The number of rotatable bonds is 5. The Hall–Kier alpha value is -2.10. The van der Waals surface area contributed by atoms with Gasteiger partial charge in [-0.05, 0) is 23.8 Å². The van der Waals surface area contributed by atoms with Crippen LogP contribution in [0.2, 0.25) is 0 Å². The summed E-state index contributed by atoms with van der Waals surface area (Å²) in [6.07, 6.45) is 2.75. The summed E-state index contributed by atoms with van der Waals surface area (Å²) in [7, 11) is 2.83. The van der Waals surface area contributed by atoms with Gasteiger partial charge in [0.2, 0.25) is 0 Å². The highest BCUT2D eigenvalue weighted by Gasteiger charge is 2.05. The summed E-state index contributed by atoms with van der Waals surface area (Å²) in [6.45, 7) is 0.